The molecule has 0 spiro atoms. The Hall–Kier alpha value is -3.09. The highest BCUT2D eigenvalue weighted by molar-refractivity contribution is 6.00. The lowest BCUT2D eigenvalue weighted by Gasteiger charge is -2.05. The van der Waals surface area contributed by atoms with Gasteiger partial charge in [-0.15, -0.1) is 0 Å². The van der Waals surface area contributed by atoms with Crippen LogP contribution in [0, 0.1) is 13.8 Å². The molecule has 146 valence electrons. The summed E-state index contributed by atoms with van der Waals surface area (Å²) in [6.45, 7) is 9.44. The number of H-pyrrole nitrogens is 2. The van der Waals surface area contributed by atoms with E-state index in [1.165, 1.54) is 0 Å². The van der Waals surface area contributed by atoms with Crippen LogP contribution in [-0.2, 0) is 12.8 Å². The number of nitrogens with one attached hydrogen (secondary N) is 2. The number of rotatable bonds is 8. The number of hydrogen-bond acceptors (Lipinski definition) is 5. The Labute approximate surface area is 165 Å². The molecule has 0 aliphatic carbocycles. The van der Waals surface area contributed by atoms with Crippen molar-refractivity contribution in [1.29, 1.82) is 0 Å². The van der Waals surface area contributed by atoms with Gasteiger partial charge in [0, 0.05) is 37.3 Å². The largest absolute Gasteiger partial charge is 0.348 e. The monoisotopic (exact) mass is 377 g/mol. The van der Waals surface area contributed by atoms with Gasteiger partial charge in [-0.2, -0.15) is 0 Å². The molecule has 3 aromatic rings. The van der Waals surface area contributed by atoms with Crippen molar-refractivity contribution < 1.29 is 0 Å². The molecule has 3 rings (SSSR count). The molecular weight excluding hydrogens is 350 g/mol. The summed E-state index contributed by atoms with van der Waals surface area (Å²) in [6, 6.07) is 5.98. The summed E-state index contributed by atoms with van der Waals surface area (Å²) in [4.78, 5) is 28.9. The molecule has 3 heterocycles. The van der Waals surface area contributed by atoms with Gasteiger partial charge in [-0.1, -0.05) is 6.07 Å². The summed E-state index contributed by atoms with van der Waals surface area (Å²) >= 11 is 0. The Kier molecular flexibility index (Phi) is 6.47. The van der Waals surface area contributed by atoms with Gasteiger partial charge in [-0.25, -0.2) is 15.0 Å². The second kappa shape index (κ2) is 9.21. The van der Waals surface area contributed by atoms with E-state index in [-0.39, 0.29) is 0 Å². The number of imidazole rings is 2. The maximum absolute atomic E-state index is 4.73. The van der Waals surface area contributed by atoms with Crippen molar-refractivity contribution in [3.05, 3.63) is 65.0 Å². The topological polar surface area (TPSA) is 95.0 Å². The van der Waals surface area contributed by atoms with E-state index in [0.29, 0.717) is 13.1 Å². The molecule has 7 heteroatoms. The Morgan fingerprint density at radius 2 is 1.29 bits per heavy atom. The average Bonchev–Trinajstić information content (AvgIpc) is 3.30. The van der Waals surface area contributed by atoms with Crippen LogP contribution in [0.25, 0.3) is 0 Å². The molecule has 0 unspecified atom stereocenters. The lowest BCUT2D eigenvalue weighted by molar-refractivity contribution is 0.920. The summed E-state index contributed by atoms with van der Waals surface area (Å²) in [5, 5.41) is 0. The third-order valence-electron chi connectivity index (χ3n) is 4.75. The molecule has 0 aliphatic heterocycles. The minimum Gasteiger partial charge on any atom is -0.348 e. The Bertz CT molecular complexity index is 903. The summed E-state index contributed by atoms with van der Waals surface area (Å²) in [5.74, 6) is 0. The third kappa shape index (κ3) is 5.00. The number of aryl methyl sites for hydroxylation is 2. The number of aliphatic imine (C=N–C) groups is 2. The second-order valence-electron chi connectivity index (χ2n) is 6.79. The molecule has 0 aromatic carbocycles. The first-order valence-electron chi connectivity index (χ1n) is 9.52. The molecule has 2 N–H and O–H groups in total. The van der Waals surface area contributed by atoms with Gasteiger partial charge in [0.2, 0.25) is 0 Å². The molecular formula is C21H27N7. The molecule has 0 saturated carbocycles. The molecule has 0 fully saturated rings. The van der Waals surface area contributed by atoms with Gasteiger partial charge in [0.05, 0.1) is 46.9 Å². The van der Waals surface area contributed by atoms with Crippen LogP contribution in [0.3, 0.4) is 0 Å². The van der Waals surface area contributed by atoms with E-state index in [1.807, 2.05) is 45.9 Å². The molecule has 3 aromatic heterocycles. The Balaban J connectivity index is 1.61. The highest BCUT2D eigenvalue weighted by Crippen LogP contribution is 2.06. The zero-order valence-corrected chi connectivity index (χ0v) is 17.0. The fraction of sp³-hybridized carbons (Fsp3) is 0.381. The van der Waals surface area contributed by atoms with E-state index < -0.39 is 0 Å². The van der Waals surface area contributed by atoms with Gasteiger partial charge in [-0.3, -0.25) is 9.98 Å². The molecule has 28 heavy (non-hydrogen) atoms. The van der Waals surface area contributed by atoms with Crippen LogP contribution in [0.2, 0.25) is 0 Å². The zero-order chi connectivity index (χ0) is 19.9. The maximum atomic E-state index is 4.73. The molecule has 0 atom stereocenters. The molecule has 0 bridgehead atoms. The minimum absolute atomic E-state index is 0.694. The normalized spacial score (nSPS) is 12.6. The molecule has 0 radical (unpaired) electrons. The van der Waals surface area contributed by atoms with Gasteiger partial charge in [0.15, 0.2) is 0 Å². The first kappa shape index (κ1) is 19.7. The summed E-state index contributed by atoms with van der Waals surface area (Å²) < 4.78 is 0. The number of hydrogen-bond donors (Lipinski definition) is 2. The lowest BCUT2D eigenvalue weighted by atomic mass is 10.2. The van der Waals surface area contributed by atoms with Gasteiger partial charge in [-0.05, 0) is 39.8 Å². The molecule has 0 aliphatic rings. The smallest absolute Gasteiger partial charge is 0.0925 e. The fourth-order valence-corrected chi connectivity index (χ4v) is 2.94. The number of nitrogens with zero attached hydrogens (tertiary/aromatic N) is 5. The quantitative estimate of drug-likeness (QED) is 0.590. The number of aromatic nitrogens is 5. The maximum Gasteiger partial charge on any atom is 0.0925 e. The van der Waals surface area contributed by atoms with Gasteiger partial charge >= 0.3 is 0 Å². The average molecular weight is 377 g/mol. The predicted octanol–water partition coefficient (Wildman–Crippen LogP) is 3.25. The Morgan fingerprint density at radius 3 is 1.68 bits per heavy atom. The van der Waals surface area contributed by atoms with E-state index in [4.69, 9.17) is 4.98 Å². The highest BCUT2D eigenvalue weighted by atomic mass is 14.9. The standard InChI is InChI=1S/C21H27N7/c1-14-18(26-12-24-14)8-10-22-16(3)20-6-5-7-21(28-20)17(4)23-11-9-19-15(2)25-13-27-19/h5-7,12-13H,8-11H2,1-4H3,(H,24,26)(H,25,27). The van der Waals surface area contributed by atoms with E-state index in [2.05, 4.69) is 29.9 Å². The zero-order valence-electron chi connectivity index (χ0n) is 17.0. The van der Waals surface area contributed by atoms with Crippen LogP contribution in [0.4, 0.5) is 0 Å². The molecule has 0 amide bonds. The van der Waals surface area contributed by atoms with E-state index in [9.17, 15) is 0 Å². The van der Waals surface area contributed by atoms with Crippen molar-refractivity contribution in [1.82, 2.24) is 24.9 Å². The van der Waals surface area contributed by atoms with Gasteiger partial charge in [0.1, 0.15) is 0 Å². The highest BCUT2D eigenvalue weighted by Gasteiger charge is 2.06. The van der Waals surface area contributed by atoms with E-state index >= 15 is 0 Å². The third-order valence-corrected chi connectivity index (χ3v) is 4.75. The minimum atomic E-state index is 0.694. The first-order chi connectivity index (χ1) is 13.5. The first-order valence-corrected chi connectivity index (χ1v) is 9.52. The van der Waals surface area contributed by atoms with Crippen molar-refractivity contribution in [2.75, 3.05) is 13.1 Å². The van der Waals surface area contributed by atoms with Crippen molar-refractivity contribution in [2.24, 2.45) is 9.98 Å². The Morgan fingerprint density at radius 1 is 0.821 bits per heavy atom. The van der Waals surface area contributed by atoms with Crippen LogP contribution in [-0.4, -0.2) is 49.4 Å². The van der Waals surface area contributed by atoms with Crippen molar-refractivity contribution in [2.45, 2.75) is 40.5 Å². The fourth-order valence-electron chi connectivity index (χ4n) is 2.94. The van der Waals surface area contributed by atoms with Gasteiger partial charge < -0.3 is 9.97 Å². The summed E-state index contributed by atoms with van der Waals surface area (Å²) in [6.07, 6.45) is 5.09. The van der Waals surface area contributed by atoms with Crippen molar-refractivity contribution >= 4 is 11.4 Å². The summed E-state index contributed by atoms with van der Waals surface area (Å²) in [5.41, 5.74) is 7.95. The van der Waals surface area contributed by atoms with Crippen LogP contribution in [0.15, 0.2) is 40.8 Å². The van der Waals surface area contributed by atoms with Crippen molar-refractivity contribution in [3.8, 4) is 0 Å². The SMILES string of the molecule is CC(=NCCc1nc[nH]c1C)c1cccc(C(C)=NCCc2nc[nH]c2C)n1. The van der Waals surface area contributed by atoms with Crippen LogP contribution >= 0.6 is 0 Å². The van der Waals surface area contributed by atoms with Crippen LogP contribution in [0.5, 0.6) is 0 Å². The van der Waals surface area contributed by atoms with Gasteiger partial charge in [0.25, 0.3) is 0 Å². The summed E-state index contributed by atoms with van der Waals surface area (Å²) in [7, 11) is 0. The number of aromatic amines is 2. The van der Waals surface area contributed by atoms with Crippen LogP contribution < -0.4 is 0 Å². The predicted molar refractivity (Wildman–Crippen MR) is 112 cm³/mol. The van der Waals surface area contributed by atoms with Crippen LogP contribution in [0.1, 0.15) is 48.0 Å². The molecule has 7 nitrogen and oxygen atoms in total. The second-order valence-corrected chi connectivity index (χ2v) is 6.79. The van der Waals surface area contributed by atoms with E-state index in [0.717, 1.165) is 58.4 Å². The van der Waals surface area contributed by atoms with E-state index in [1.54, 1.807) is 12.7 Å². The number of pyridine rings is 1. The molecule has 0 saturated heterocycles. The lowest BCUT2D eigenvalue weighted by Crippen LogP contribution is -2.07. The van der Waals surface area contributed by atoms with Crippen molar-refractivity contribution in [3.63, 3.8) is 0 Å².